The Morgan fingerprint density at radius 3 is 2.92 bits per heavy atom. The lowest BCUT2D eigenvalue weighted by Gasteiger charge is -2.33. The van der Waals surface area contributed by atoms with Gasteiger partial charge in [-0.15, -0.1) is 6.20 Å². The summed E-state index contributed by atoms with van der Waals surface area (Å²) in [5.41, 5.74) is 9.99. The quantitative estimate of drug-likeness (QED) is 0.574. The van der Waals surface area contributed by atoms with Gasteiger partial charge in [-0.1, -0.05) is 0 Å². The molecule has 7 heteroatoms. The van der Waals surface area contributed by atoms with Crippen molar-refractivity contribution in [1.29, 1.82) is 0 Å². The van der Waals surface area contributed by atoms with Crippen LogP contribution in [0.5, 0.6) is 0 Å². The highest BCUT2D eigenvalue weighted by Gasteiger charge is 2.10. The van der Waals surface area contributed by atoms with Gasteiger partial charge in [-0.3, -0.25) is 10.9 Å². The minimum absolute atomic E-state index is 0.354. The van der Waals surface area contributed by atoms with Crippen molar-refractivity contribution in [2.24, 2.45) is 5.84 Å². The molecule has 13 heavy (non-hydrogen) atoms. The van der Waals surface area contributed by atoms with Crippen LogP contribution in [-0.4, -0.2) is 15.2 Å². The largest absolute Gasteiger partial charge is 0.591 e. The number of aromatic nitrogens is 2. The molecule has 7 nitrogen and oxygen atoms in total. The Balaban J connectivity index is 2.35. The summed E-state index contributed by atoms with van der Waals surface area (Å²) in [5, 5.41) is 2.68. The Bertz CT molecular complexity index is 336. The summed E-state index contributed by atoms with van der Waals surface area (Å²) in [6.07, 6.45) is 6.14. The van der Waals surface area contributed by atoms with Crippen LogP contribution in [0.1, 0.15) is 0 Å². The van der Waals surface area contributed by atoms with E-state index in [4.69, 9.17) is 11.6 Å². The van der Waals surface area contributed by atoms with Crippen LogP contribution in [0.4, 0.5) is 11.5 Å². The molecule has 1 aromatic heterocycles. The summed E-state index contributed by atoms with van der Waals surface area (Å²) in [4.78, 5) is 7.66. The summed E-state index contributed by atoms with van der Waals surface area (Å²) >= 11 is 0. The molecule has 0 saturated carbocycles. The zero-order valence-corrected chi connectivity index (χ0v) is 6.70. The number of rotatable bonds is 1. The fourth-order valence-corrected chi connectivity index (χ4v) is 0.984. The average molecular weight is 178 g/mol. The Morgan fingerprint density at radius 1 is 1.46 bits per heavy atom. The second kappa shape index (κ2) is 2.88. The number of hydrogen-bond donors (Lipinski definition) is 2. The monoisotopic (exact) mass is 178 g/mol. The molecular formula is C6H8N7-. The van der Waals surface area contributed by atoms with Gasteiger partial charge in [-0.2, -0.15) is 0 Å². The minimum Gasteiger partial charge on any atom is -0.591 e. The molecule has 0 aliphatic carbocycles. The summed E-state index contributed by atoms with van der Waals surface area (Å²) in [7, 11) is 0. The van der Waals surface area contributed by atoms with E-state index >= 15 is 0 Å². The van der Waals surface area contributed by atoms with Crippen LogP contribution in [0, 0.1) is 0 Å². The van der Waals surface area contributed by atoms with Crippen molar-refractivity contribution in [3.8, 4) is 0 Å². The molecule has 0 radical (unpaired) electrons. The van der Waals surface area contributed by atoms with Gasteiger partial charge >= 0.3 is 0 Å². The van der Waals surface area contributed by atoms with E-state index in [1.54, 1.807) is 18.6 Å². The maximum absolute atomic E-state index is 5.61. The lowest BCUT2D eigenvalue weighted by atomic mass is 10.5. The van der Waals surface area contributed by atoms with Crippen molar-refractivity contribution in [2.45, 2.75) is 0 Å². The SMILES string of the molecule is Nc1ncncc1N1C=C[N-]N1N. The standard InChI is InChI=1S/C6H8N7/c7-6-5(3-9-4-10-6)12-2-1-11-13(12)8/h1-4H,8H2,(H2,7,9,10)/q-1. The molecule has 0 bridgehead atoms. The van der Waals surface area contributed by atoms with E-state index in [-0.39, 0.29) is 0 Å². The number of nitrogen functional groups attached to an aromatic ring is 1. The lowest BCUT2D eigenvalue weighted by molar-refractivity contribution is 0.393. The molecule has 2 rings (SSSR count). The highest BCUT2D eigenvalue weighted by Crippen LogP contribution is 2.24. The second-order valence-electron chi connectivity index (χ2n) is 2.37. The van der Waals surface area contributed by atoms with E-state index in [1.165, 1.54) is 11.3 Å². The Hall–Kier alpha value is -1.86. The third kappa shape index (κ3) is 1.25. The first-order valence-electron chi connectivity index (χ1n) is 3.56. The van der Waals surface area contributed by atoms with E-state index in [2.05, 4.69) is 15.4 Å². The fourth-order valence-electron chi connectivity index (χ4n) is 0.984. The van der Waals surface area contributed by atoms with Crippen molar-refractivity contribution in [1.82, 2.24) is 15.2 Å². The van der Waals surface area contributed by atoms with Crippen molar-refractivity contribution >= 4 is 11.5 Å². The smallest absolute Gasteiger partial charge is 0.152 e. The predicted molar refractivity (Wildman–Crippen MR) is 47.4 cm³/mol. The van der Waals surface area contributed by atoms with Crippen LogP contribution in [0.25, 0.3) is 5.43 Å². The lowest BCUT2D eigenvalue weighted by Crippen LogP contribution is -2.38. The Labute approximate surface area is 74.6 Å². The average Bonchev–Trinajstić information content (AvgIpc) is 2.52. The molecule has 68 valence electrons. The molecule has 0 spiro atoms. The summed E-state index contributed by atoms with van der Waals surface area (Å²) < 4.78 is 0. The van der Waals surface area contributed by atoms with E-state index in [9.17, 15) is 0 Å². The number of hydrazine groups is 2. The number of anilines is 2. The molecule has 1 aliphatic rings. The molecule has 2 heterocycles. The van der Waals surface area contributed by atoms with Crippen molar-refractivity contribution in [3.05, 3.63) is 30.3 Å². The molecule has 0 saturated heterocycles. The molecule has 0 amide bonds. The van der Waals surface area contributed by atoms with Gasteiger partial charge in [0, 0.05) is 6.20 Å². The van der Waals surface area contributed by atoms with Gasteiger partial charge in [0.25, 0.3) is 0 Å². The highest BCUT2D eigenvalue weighted by molar-refractivity contribution is 5.63. The maximum atomic E-state index is 5.61. The molecule has 1 aromatic rings. The first kappa shape index (κ1) is 7.77. The maximum Gasteiger partial charge on any atom is 0.152 e. The number of hydrogen-bond acceptors (Lipinski definition) is 6. The van der Waals surface area contributed by atoms with Gasteiger partial charge in [0.15, 0.2) is 5.82 Å². The molecule has 0 unspecified atom stereocenters. The normalized spacial score (nSPS) is 16.2. The van der Waals surface area contributed by atoms with Crippen LogP contribution < -0.4 is 16.6 Å². The summed E-state index contributed by atoms with van der Waals surface area (Å²) in [6.45, 7) is 0. The molecule has 0 fully saturated rings. The van der Waals surface area contributed by atoms with Crippen molar-refractivity contribution in [2.75, 3.05) is 10.7 Å². The van der Waals surface area contributed by atoms with Gasteiger partial charge in [0.2, 0.25) is 0 Å². The van der Waals surface area contributed by atoms with Gasteiger partial charge in [-0.05, 0) is 0 Å². The molecular weight excluding hydrogens is 170 g/mol. The van der Waals surface area contributed by atoms with E-state index in [0.717, 1.165) is 5.23 Å². The fraction of sp³-hybridized carbons (Fsp3) is 0. The second-order valence-corrected chi connectivity index (χ2v) is 2.37. The van der Waals surface area contributed by atoms with Gasteiger partial charge < -0.3 is 11.2 Å². The molecule has 0 aromatic carbocycles. The number of nitrogens with two attached hydrogens (primary N) is 2. The zero-order valence-electron chi connectivity index (χ0n) is 6.70. The van der Waals surface area contributed by atoms with Gasteiger partial charge in [0.1, 0.15) is 12.0 Å². The van der Waals surface area contributed by atoms with Gasteiger partial charge in [0.05, 0.1) is 6.20 Å². The van der Waals surface area contributed by atoms with E-state index in [0.29, 0.717) is 11.5 Å². The van der Waals surface area contributed by atoms with Crippen LogP contribution >= 0.6 is 0 Å². The first-order valence-corrected chi connectivity index (χ1v) is 3.56. The summed E-state index contributed by atoms with van der Waals surface area (Å²) in [6, 6.07) is 0. The molecule has 0 atom stereocenters. The van der Waals surface area contributed by atoms with Crippen molar-refractivity contribution < 1.29 is 0 Å². The Morgan fingerprint density at radius 2 is 2.31 bits per heavy atom. The van der Waals surface area contributed by atoms with Crippen LogP contribution in [0.3, 0.4) is 0 Å². The first-order chi connectivity index (χ1) is 6.29. The van der Waals surface area contributed by atoms with Crippen LogP contribution in [0.15, 0.2) is 24.9 Å². The molecule has 1 aliphatic heterocycles. The van der Waals surface area contributed by atoms with Crippen molar-refractivity contribution in [3.63, 3.8) is 0 Å². The topological polar surface area (TPSA) is 98.4 Å². The van der Waals surface area contributed by atoms with Crippen LogP contribution in [-0.2, 0) is 0 Å². The number of nitrogens with zero attached hydrogens (tertiary/aromatic N) is 5. The highest BCUT2D eigenvalue weighted by atomic mass is 15.9. The Kier molecular flexibility index (Phi) is 1.72. The van der Waals surface area contributed by atoms with E-state index in [1.807, 2.05) is 0 Å². The predicted octanol–water partition coefficient (Wildman–Crippen LogP) is -0.271. The van der Waals surface area contributed by atoms with Crippen LogP contribution in [0.2, 0.25) is 0 Å². The zero-order chi connectivity index (χ0) is 9.26. The third-order valence-corrected chi connectivity index (χ3v) is 1.58. The van der Waals surface area contributed by atoms with E-state index < -0.39 is 0 Å². The minimum atomic E-state index is 0.354. The third-order valence-electron chi connectivity index (χ3n) is 1.58. The van der Waals surface area contributed by atoms with Gasteiger partial charge in [-0.25, -0.2) is 15.2 Å². The summed E-state index contributed by atoms with van der Waals surface area (Å²) in [5.74, 6) is 5.85. The molecule has 4 N–H and O–H groups in total.